The lowest BCUT2D eigenvalue weighted by atomic mass is 9.77. The Morgan fingerprint density at radius 1 is 1.60 bits per heavy atom. The second-order valence-electron chi connectivity index (χ2n) is 4.03. The van der Waals surface area contributed by atoms with Crippen LogP contribution in [0.5, 0.6) is 0 Å². The Bertz CT molecular complexity index is 258. The van der Waals surface area contributed by atoms with Gasteiger partial charge >= 0.3 is 0 Å². The molecular weight excluding hydrogens is 190 g/mol. The normalized spacial score (nSPS) is 17.7. The first-order valence-electron chi connectivity index (χ1n) is 5.44. The van der Waals surface area contributed by atoms with Crippen LogP contribution < -0.4 is 0 Å². The summed E-state index contributed by atoms with van der Waals surface area (Å²) in [6, 6.07) is 0. The van der Waals surface area contributed by atoms with Crippen LogP contribution in [0.2, 0.25) is 0 Å². The first-order valence-corrected chi connectivity index (χ1v) is 5.44. The van der Waals surface area contributed by atoms with Gasteiger partial charge in [-0.15, -0.1) is 6.42 Å². The summed E-state index contributed by atoms with van der Waals surface area (Å²) in [5.74, 6) is 2.61. The van der Waals surface area contributed by atoms with Gasteiger partial charge in [-0.1, -0.05) is 5.92 Å². The molecule has 0 aromatic heterocycles. The molecule has 0 saturated heterocycles. The molecule has 0 aliphatic heterocycles. The van der Waals surface area contributed by atoms with Gasteiger partial charge in [0.2, 0.25) is 5.91 Å². The third-order valence-corrected chi connectivity index (χ3v) is 3.19. The number of hydrogen-bond donors (Lipinski definition) is 0. The van der Waals surface area contributed by atoms with Crippen molar-refractivity contribution >= 4 is 5.91 Å². The molecule has 3 heteroatoms. The van der Waals surface area contributed by atoms with E-state index in [1.807, 2.05) is 6.92 Å². The highest BCUT2D eigenvalue weighted by atomic mass is 16.5. The molecule has 0 aromatic carbocycles. The van der Waals surface area contributed by atoms with Crippen molar-refractivity contribution in [2.24, 2.45) is 0 Å². The van der Waals surface area contributed by atoms with Crippen LogP contribution in [0.4, 0.5) is 0 Å². The van der Waals surface area contributed by atoms with Crippen LogP contribution in [0.3, 0.4) is 0 Å². The zero-order chi connectivity index (χ0) is 11.3. The highest BCUT2D eigenvalue weighted by molar-refractivity contribution is 5.77. The number of terminal acetylenes is 1. The maximum Gasteiger partial charge on any atom is 0.226 e. The Morgan fingerprint density at radius 2 is 2.27 bits per heavy atom. The van der Waals surface area contributed by atoms with Crippen LogP contribution in [0.15, 0.2) is 0 Å². The van der Waals surface area contributed by atoms with Gasteiger partial charge < -0.3 is 9.64 Å². The van der Waals surface area contributed by atoms with Gasteiger partial charge in [-0.05, 0) is 26.2 Å². The Labute approximate surface area is 91.8 Å². The summed E-state index contributed by atoms with van der Waals surface area (Å²) in [4.78, 5) is 13.6. The quantitative estimate of drug-likeness (QED) is 0.641. The average Bonchev–Trinajstić information content (AvgIpc) is 2.19. The molecule has 84 valence electrons. The van der Waals surface area contributed by atoms with Gasteiger partial charge in [-0.2, -0.15) is 0 Å². The minimum atomic E-state index is -0.195. The van der Waals surface area contributed by atoms with Gasteiger partial charge in [0.05, 0.1) is 18.6 Å². The summed E-state index contributed by atoms with van der Waals surface area (Å²) < 4.78 is 5.42. The molecule has 0 heterocycles. The van der Waals surface area contributed by atoms with E-state index in [0.717, 1.165) is 19.3 Å². The lowest BCUT2D eigenvalue weighted by molar-refractivity contribution is -0.143. The monoisotopic (exact) mass is 209 g/mol. The first-order chi connectivity index (χ1) is 7.17. The Kier molecular flexibility index (Phi) is 4.16. The van der Waals surface area contributed by atoms with E-state index in [1.165, 1.54) is 0 Å². The van der Waals surface area contributed by atoms with Crippen LogP contribution in [0.25, 0.3) is 0 Å². The average molecular weight is 209 g/mol. The molecule has 1 saturated carbocycles. The van der Waals surface area contributed by atoms with E-state index >= 15 is 0 Å². The number of hydrogen-bond acceptors (Lipinski definition) is 2. The smallest absolute Gasteiger partial charge is 0.226 e. The summed E-state index contributed by atoms with van der Waals surface area (Å²) in [6.07, 6.45) is 8.81. The summed E-state index contributed by atoms with van der Waals surface area (Å²) in [5.41, 5.74) is -0.195. The molecule has 15 heavy (non-hydrogen) atoms. The third-order valence-electron chi connectivity index (χ3n) is 3.19. The summed E-state index contributed by atoms with van der Waals surface area (Å²) in [6.45, 7) is 3.01. The third kappa shape index (κ3) is 2.73. The number of rotatable bonds is 5. The number of carbonyl (C=O) groups is 1. The zero-order valence-electron chi connectivity index (χ0n) is 9.58. The van der Waals surface area contributed by atoms with E-state index in [1.54, 1.807) is 12.0 Å². The lowest BCUT2D eigenvalue weighted by Gasteiger charge is -2.40. The van der Waals surface area contributed by atoms with Crippen LogP contribution in [-0.2, 0) is 9.53 Å². The summed E-state index contributed by atoms with van der Waals surface area (Å²) in [5, 5.41) is 0. The predicted octanol–water partition coefficient (Wildman–Crippen LogP) is 1.43. The first kappa shape index (κ1) is 12.1. The lowest BCUT2D eigenvalue weighted by Crippen LogP contribution is -2.45. The van der Waals surface area contributed by atoms with Crippen LogP contribution in [0, 0.1) is 12.3 Å². The Morgan fingerprint density at radius 3 is 2.60 bits per heavy atom. The second kappa shape index (κ2) is 5.18. The van der Waals surface area contributed by atoms with E-state index in [4.69, 9.17) is 11.2 Å². The number of ether oxygens (including phenoxy) is 1. The largest absolute Gasteiger partial charge is 0.378 e. The van der Waals surface area contributed by atoms with Crippen molar-refractivity contribution in [2.75, 3.05) is 20.2 Å². The number of carbonyl (C=O) groups excluding carboxylic acids is 1. The van der Waals surface area contributed by atoms with Gasteiger partial charge in [-0.3, -0.25) is 4.79 Å². The minimum Gasteiger partial charge on any atom is -0.378 e. The molecule has 3 nitrogen and oxygen atoms in total. The molecule has 1 fully saturated rings. The molecule has 0 atom stereocenters. The maximum atomic E-state index is 11.9. The molecule has 0 spiro atoms. The highest BCUT2D eigenvalue weighted by Crippen LogP contribution is 2.38. The highest BCUT2D eigenvalue weighted by Gasteiger charge is 2.39. The SMILES string of the molecule is C#CCN(CC)C(=O)CC1(OC)CCC1. The van der Waals surface area contributed by atoms with Crippen molar-refractivity contribution in [3.05, 3.63) is 0 Å². The van der Waals surface area contributed by atoms with E-state index in [0.29, 0.717) is 19.5 Å². The van der Waals surface area contributed by atoms with Gasteiger partial charge in [-0.25, -0.2) is 0 Å². The molecule has 1 amide bonds. The Hall–Kier alpha value is -1.01. The standard InChI is InChI=1S/C12H19NO2/c1-4-9-13(5-2)11(14)10-12(15-3)7-6-8-12/h1H,5-10H2,2-3H3. The molecule has 0 bridgehead atoms. The van der Waals surface area contributed by atoms with E-state index in [9.17, 15) is 4.79 Å². The van der Waals surface area contributed by atoms with Gasteiger partial charge in [0.1, 0.15) is 0 Å². The van der Waals surface area contributed by atoms with Crippen LogP contribution in [0.1, 0.15) is 32.6 Å². The van der Waals surface area contributed by atoms with Gasteiger partial charge in [0.15, 0.2) is 0 Å². The molecule has 0 radical (unpaired) electrons. The van der Waals surface area contributed by atoms with Crippen LogP contribution in [-0.4, -0.2) is 36.6 Å². The Balaban J connectivity index is 2.49. The molecular formula is C12H19NO2. The fourth-order valence-corrected chi connectivity index (χ4v) is 1.90. The molecule has 0 aromatic rings. The van der Waals surface area contributed by atoms with Gasteiger partial charge in [0, 0.05) is 13.7 Å². The zero-order valence-corrected chi connectivity index (χ0v) is 9.58. The number of nitrogens with zero attached hydrogens (tertiary/aromatic N) is 1. The minimum absolute atomic E-state index is 0.108. The second-order valence-corrected chi connectivity index (χ2v) is 4.03. The number of methoxy groups -OCH3 is 1. The molecule has 0 unspecified atom stereocenters. The fraction of sp³-hybridized carbons (Fsp3) is 0.750. The topological polar surface area (TPSA) is 29.5 Å². The van der Waals surface area contributed by atoms with Crippen molar-refractivity contribution in [1.29, 1.82) is 0 Å². The number of amides is 1. The van der Waals surface area contributed by atoms with Crippen molar-refractivity contribution in [3.63, 3.8) is 0 Å². The van der Waals surface area contributed by atoms with Gasteiger partial charge in [0.25, 0.3) is 0 Å². The molecule has 1 rings (SSSR count). The van der Waals surface area contributed by atoms with Crippen molar-refractivity contribution in [1.82, 2.24) is 4.90 Å². The maximum absolute atomic E-state index is 11.9. The molecule has 0 N–H and O–H groups in total. The van der Waals surface area contributed by atoms with E-state index in [-0.39, 0.29) is 11.5 Å². The predicted molar refractivity (Wildman–Crippen MR) is 59.3 cm³/mol. The van der Waals surface area contributed by atoms with Crippen molar-refractivity contribution in [2.45, 2.75) is 38.2 Å². The summed E-state index contributed by atoms with van der Waals surface area (Å²) in [7, 11) is 1.68. The van der Waals surface area contributed by atoms with Crippen LogP contribution >= 0.6 is 0 Å². The van der Waals surface area contributed by atoms with Crippen molar-refractivity contribution < 1.29 is 9.53 Å². The summed E-state index contributed by atoms with van der Waals surface area (Å²) >= 11 is 0. The molecule has 1 aliphatic carbocycles. The van der Waals surface area contributed by atoms with E-state index in [2.05, 4.69) is 5.92 Å². The fourth-order valence-electron chi connectivity index (χ4n) is 1.90. The van der Waals surface area contributed by atoms with Crippen molar-refractivity contribution in [3.8, 4) is 12.3 Å². The van der Waals surface area contributed by atoms with E-state index < -0.39 is 0 Å². The molecule has 1 aliphatic rings.